The molecule has 0 aromatic carbocycles. The Morgan fingerprint density at radius 3 is 1.18 bits per heavy atom. The van der Waals surface area contributed by atoms with Gasteiger partial charge in [-0.25, -0.2) is 0 Å². The Kier molecular flexibility index (Phi) is 5.48. The third kappa shape index (κ3) is 4.80. The minimum Gasteiger partial charge on any atom is -0.374 e. The molecular weight excluding hydrogens is 446 g/mol. The summed E-state index contributed by atoms with van der Waals surface area (Å²) in [7, 11) is -11.8. The molecule has 28 heavy (non-hydrogen) atoms. The van der Waals surface area contributed by atoms with Crippen LogP contribution in [0.25, 0.3) is 11.4 Å². The van der Waals surface area contributed by atoms with Gasteiger partial charge in [0.15, 0.2) is 11.5 Å². The molecule has 154 valence electrons. The number of halogens is 6. The Balaban J connectivity index is 2.17. The van der Waals surface area contributed by atoms with Gasteiger partial charge >= 0.3 is 31.3 Å². The van der Waals surface area contributed by atoms with Gasteiger partial charge in [0.05, 0.1) is 23.8 Å². The summed E-state index contributed by atoms with van der Waals surface area (Å²) in [6.45, 7) is 0. The Bertz CT molecular complexity index is 960. The molecule has 2 heterocycles. The molecule has 0 N–H and O–H groups in total. The maximum absolute atomic E-state index is 12.2. The molecule has 0 amide bonds. The fourth-order valence-corrected chi connectivity index (χ4v) is 2.40. The van der Waals surface area contributed by atoms with Crippen molar-refractivity contribution in [1.82, 2.24) is 9.97 Å². The molecule has 8 nitrogen and oxygen atoms in total. The highest BCUT2D eigenvalue weighted by Gasteiger charge is 2.49. The smallest absolute Gasteiger partial charge is 0.374 e. The number of pyridine rings is 2. The van der Waals surface area contributed by atoms with Crippen molar-refractivity contribution in [1.29, 1.82) is 0 Å². The van der Waals surface area contributed by atoms with Crippen molar-refractivity contribution in [2.75, 3.05) is 0 Å². The predicted octanol–water partition coefficient (Wildman–Crippen LogP) is 2.60. The van der Waals surface area contributed by atoms with Crippen LogP contribution in [0.1, 0.15) is 0 Å². The molecule has 2 rings (SSSR count). The van der Waals surface area contributed by atoms with Gasteiger partial charge in [-0.2, -0.15) is 43.2 Å². The van der Waals surface area contributed by atoms with Crippen molar-refractivity contribution in [3.8, 4) is 22.9 Å². The summed E-state index contributed by atoms with van der Waals surface area (Å²) >= 11 is 0. The van der Waals surface area contributed by atoms with Gasteiger partial charge in [0.25, 0.3) is 0 Å². The second-order valence-corrected chi connectivity index (χ2v) is 7.80. The van der Waals surface area contributed by atoms with Crippen LogP contribution in [0.5, 0.6) is 11.5 Å². The van der Waals surface area contributed by atoms with E-state index < -0.39 is 42.8 Å². The SMILES string of the molecule is O=S(=O)(Oc1ccc(-c2ccc(OS(=O)(=O)C(F)(F)F)cn2)nc1)C(F)(F)F. The lowest BCUT2D eigenvalue weighted by molar-refractivity contribution is -0.0505. The molecule has 0 saturated carbocycles. The van der Waals surface area contributed by atoms with E-state index in [1.165, 1.54) is 0 Å². The summed E-state index contributed by atoms with van der Waals surface area (Å²) in [4.78, 5) is 7.20. The standard InChI is InChI=1S/C12H6F6N2O6S2/c13-11(14,15)27(21,22)25-7-1-3-9(19-5-7)10-4-2-8(6-20-10)26-28(23,24)12(16,17)18/h1-6H. The molecule has 0 radical (unpaired) electrons. The summed E-state index contributed by atoms with van der Waals surface area (Å²) in [6, 6.07) is 3.67. The van der Waals surface area contributed by atoms with Crippen molar-refractivity contribution in [2.45, 2.75) is 11.0 Å². The van der Waals surface area contributed by atoms with Crippen molar-refractivity contribution in [2.24, 2.45) is 0 Å². The number of rotatable bonds is 5. The number of hydrogen-bond donors (Lipinski definition) is 0. The highest BCUT2D eigenvalue weighted by atomic mass is 32.2. The lowest BCUT2D eigenvalue weighted by atomic mass is 10.2. The summed E-state index contributed by atoms with van der Waals surface area (Å²) < 4.78 is 124. The Morgan fingerprint density at radius 1 is 0.643 bits per heavy atom. The normalized spacial score (nSPS) is 13.2. The van der Waals surface area contributed by atoms with Crippen molar-refractivity contribution < 1.29 is 51.5 Å². The molecular formula is C12H6F6N2O6S2. The van der Waals surface area contributed by atoms with Crippen LogP contribution in [0, 0.1) is 0 Å². The second-order valence-electron chi connectivity index (χ2n) is 4.72. The molecule has 0 aliphatic heterocycles. The van der Waals surface area contributed by atoms with E-state index in [1.807, 2.05) is 0 Å². The summed E-state index contributed by atoms with van der Waals surface area (Å²) in [5.41, 5.74) is -11.4. The maximum Gasteiger partial charge on any atom is 0.534 e. The quantitative estimate of drug-likeness (QED) is 0.387. The van der Waals surface area contributed by atoms with Gasteiger partial charge in [-0.3, -0.25) is 9.97 Å². The van der Waals surface area contributed by atoms with Gasteiger partial charge in [-0.15, -0.1) is 0 Å². The summed E-state index contributed by atoms with van der Waals surface area (Å²) in [5.74, 6) is -1.51. The van der Waals surface area contributed by atoms with E-state index >= 15 is 0 Å². The van der Waals surface area contributed by atoms with E-state index in [1.54, 1.807) is 0 Å². The van der Waals surface area contributed by atoms with E-state index in [4.69, 9.17) is 0 Å². The monoisotopic (exact) mass is 452 g/mol. The van der Waals surface area contributed by atoms with Crippen LogP contribution < -0.4 is 8.37 Å². The maximum atomic E-state index is 12.2. The Labute approximate surface area is 153 Å². The number of hydrogen-bond acceptors (Lipinski definition) is 8. The molecule has 16 heteroatoms. The van der Waals surface area contributed by atoms with Gasteiger partial charge in [0, 0.05) is 0 Å². The van der Waals surface area contributed by atoms with Crippen LogP contribution in [0.15, 0.2) is 36.7 Å². The van der Waals surface area contributed by atoms with Crippen LogP contribution in [0.3, 0.4) is 0 Å². The highest BCUT2D eigenvalue weighted by Crippen LogP contribution is 2.29. The summed E-state index contributed by atoms with van der Waals surface area (Å²) in [5, 5.41) is 0. The van der Waals surface area contributed by atoms with E-state index in [-0.39, 0.29) is 11.4 Å². The third-order valence-electron chi connectivity index (χ3n) is 2.71. The van der Waals surface area contributed by atoms with Gasteiger partial charge < -0.3 is 8.37 Å². The first-order valence-electron chi connectivity index (χ1n) is 6.56. The lowest BCUT2D eigenvalue weighted by Crippen LogP contribution is -2.28. The lowest BCUT2D eigenvalue weighted by Gasteiger charge is -2.10. The van der Waals surface area contributed by atoms with Crippen LogP contribution in [-0.2, 0) is 20.2 Å². The molecule has 0 aliphatic rings. The van der Waals surface area contributed by atoms with E-state index in [0.29, 0.717) is 12.4 Å². The number of nitrogens with zero attached hydrogens (tertiary/aromatic N) is 2. The van der Waals surface area contributed by atoms with Gasteiger partial charge in [0.1, 0.15) is 0 Å². The minimum absolute atomic E-state index is 0.0398. The average molecular weight is 452 g/mol. The zero-order valence-corrected chi connectivity index (χ0v) is 14.5. The fraction of sp³-hybridized carbons (Fsp3) is 0.167. The second kappa shape index (κ2) is 7.08. The third-order valence-corrected chi connectivity index (χ3v) is 4.67. The minimum atomic E-state index is -5.88. The van der Waals surface area contributed by atoms with E-state index in [2.05, 4.69) is 18.3 Å². The fourth-order valence-electron chi connectivity index (χ4n) is 1.51. The molecule has 2 aromatic heterocycles. The number of aromatic nitrogens is 2. The van der Waals surface area contributed by atoms with Gasteiger partial charge in [0.2, 0.25) is 0 Å². The highest BCUT2D eigenvalue weighted by molar-refractivity contribution is 7.88. The van der Waals surface area contributed by atoms with Crippen molar-refractivity contribution >= 4 is 20.2 Å². The first-order valence-corrected chi connectivity index (χ1v) is 9.38. The van der Waals surface area contributed by atoms with E-state index in [9.17, 15) is 43.2 Å². The molecule has 0 aliphatic carbocycles. The zero-order chi connectivity index (χ0) is 21.4. The first kappa shape index (κ1) is 21.7. The van der Waals surface area contributed by atoms with Crippen LogP contribution >= 0.6 is 0 Å². The topological polar surface area (TPSA) is 113 Å². The van der Waals surface area contributed by atoms with Crippen LogP contribution in [-0.4, -0.2) is 37.8 Å². The Hall–Kier alpha value is -2.62. The molecule has 0 atom stereocenters. The summed E-state index contributed by atoms with van der Waals surface area (Å²) in [6.07, 6.45) is 1.28. The molecule has 0 saturated heterocycles. The van der Waals surface area contributed by atoms with Crippen molar-refractivity contribution in [3.05, 3.63) is 36.7 Å². The molecule has 0 fully saturated rings. The molecule has 0 spiro atoms. The largest absolute Gasteiger partial charge is 0.534 e. The zero-order valence-electron chi connectivity index (χ0n) is 12.9. The average Bonchev–Trinajstić information content (AvgIpc) is 2.53. The molecule has 0 bridgehead atoms. The van der Waals surface area contributed by atoms with Gasteiger partial charge in [-0.1, -0.05) is 0 Å². The number of alkyl halides is 6. The Morgan fingerprint density at radius 2 is 0.964 bits per heavy atom. The van der Waals surface area contributed by atoms with Crippen LogP contribution in [0.4, 0.5) is 26.3 Å². The predicted molar refractivity (Wildman–Crippen MR) is 78.7 cm³/mol. The van der Waals surface area contributed by atoms with E-state index in [0.717, 1.165) is 24.3 Å². The first-order chi connectivity index (χ1) is 12.6. The molecule has 2 aromatic rings. The van der Waals surface area contributed by atoms with Gasteiger partial charge in [-0.05, 0) is 24.3 Å². The van der Waals surface area contributed by atoms with Crippen LogP contribution in [0.2, 0.25) is 0 Å². The van der Waals surface area contributed by atoms with Crippen molar-refractivity contribution in [3.63, 3.8) is 0 Å². The molecule has 0 unspecified atom stereocenters.